The van der Waals surface area contributed by atoms with Crippen LogP contribution in [0.5, 0.6) is 0 Å². The first kappa shape index (κ1) is 11.5. The third kappa shape index (κ3) is 2.55. The van der Waals surface area contributed by atoms with Gasteiger partial charge in [-0.3, -0.25) is 0 Å². The van der Waals surface area contributed by atoms with Crippen LogP contribution >= 0.6 is 0 Å². The van der Waals surface area contributed by atoms with Crippen molar-refractivity contribution in [3.63, 3.8) is 0 Å². The summed E-state index contributed by atoms with van der Waals surface area (Å²) in [7, 11) is 1.92. The lowest BCUT2D eigenvalue weighted by Crippen LogP contribution is -2.33. The van der Waals surface area contributed by atoms with Gasteiger partial charge in [-0.25, -0.2) is 0 Å². The first-order valence-corrected chi connectivity index (χ1v) is 6.17. The molecule has 2 rings (SSSR count). The number of nitrogens with zero attached hydrogens (tertiary/aromatic N) is 2. The van der Waals surface area contributed by atoms with E-state index in [4.69, 9.17) is 4.42 Å². The molecule has 0 saturated carbocycles. The lowest BCUT2D eigenvalue weighted by atomic mass is 9.95. The second-order valence-electron chi connectivity index (χ2n) is 4.49. The zero-order valence-corrected chi connectivity index (χ0v) is 10.2. The molecule has 0 atom stereocenters. The first-order chi connectivity index (χ1) is 7.83. The molecular weight excluding hydrogens is 202 g/mol. The highest BCUT2D eigenvalue weighted by Gasteiger charge is 2.20. The van der Waals surface area contributed by atoms with Crippen LogP contribution in [-0.4, -0.2) is 25.1 Å². The summed E-state index contributed by atoms with van der Waals surface area (Å²) in [6.45, 7) is 5.21. The van der Waals surface area contributed by atoms with E-state index in [-0.39, 0.29) is 0 Å². The molecule has 4 heteroatoms. The molecule has 16 heavy (non-hydrogen) atoms. The second-order valence-corrected chi connectivity index (χ2v) is 4.49. The highest BCUT2D eigenvalue weighted by atomic mass is 16.4. The molecule has 0 aromatic carbocycles. The average Bonchev–Trinajstić information content (AvgIpc) is 2.78. The third-order valence-electron chi connectivity index (χ3n) is 3.36. The molecule has 0 spiro atoms. The van der Waals surface area contributed by atoms with E-state index in [0.29, 0.717) is 0 Å². The minimum Gasteiger partial charge on any atom is -0.432 e. The van der Waals surface area contributed by atoms with Gasteiger partial charge in [0, 0.05) is 19.6 Å². The van der Waals surface area contributed by atoms with Crippen LogP contribution in [-0.2, 0) is 6.54 Å². The van der Waals surface area contributed by atoms with E-state index in [1.165, 1.54) is 19.3 Å². The van der Waals surface area contributed by atoms with Gasteiger partial charge in [0.1, 0.15) is 6.26 Å². The molecular formula is C12H21N3O. The summed E-state index contributed by atoms with van der Waals surface area (Å²) in [5.74, 6) is 0.892. The molecule has 0 bridgehead atoms. The molecule has 1 aliphatic rings. The molecule has 2 heterocycles. The average molecular weight is 223 g/mol. The second kappa shape index (κ2) is 5.34. The summed E-state index contributed by atoms with van der Waals surface area (Å²) in [5, 5.41) is 3.08. The van der Waals surface area contributed by atoms with Crippen molar-refractivity contribution in [1.82, 2.24) is 10.3 Å². The summed E-state index contributed by atoms with van der Waals surface area (Å²) in [6, 6.07) is 0.791. The fourth-order valence-electron chi connectivity index (χ4n) is 2.24. The van der Waals surface area contributed by atoms with Crippen LogP contribution in [0.25, 0.3) is 0 Å². The van der Waals surface area contributed by atoms with Crippen LogP contribution in [0.3, 0.4) is 0 Å². The molecule has 1 saturated heterocycles. The van der Waals surface area contributed by atoms with E-state index < -0.39 is 0 Å². The monoisotopic (exact) mass is 223 g/mol. The molecule has 4 nitrogen and oxygen atoms in total. The molecule has 1 aliphatic heterocycles. The summed E-state index contributed by atoms with van der Waals surface area (Å²) in [4.78, 5) is 6.73. The SMILES string of the molecule is CCC1CCN(c2nc(CNC)co2)CC1. The zero-order chi connectivity index (χ0) is 11.4. The van der Waals surface area contributed by atoms with Gasteiger partial charge in [0.2, 0.25) is 0 Å². The van der Waals surface area contributed by atoms with Crippen LogP contribution in [0.2, 0.25) is 0 Å². The van der Waals surface area contributed by atoms with E-state index in [9.17, 15) is 0 Å². The molecule has 0 unspecified atom stereocenters. The van der Waals surface area contributed by atoms with Gasteiger partial charge >= 0.3 is 0 Å². The maximum Gasteiger partial charge on any atom is 0.297 e. The Hall–Kier alpha value is -1.03. The molecule has 0 amide bonds. The number of rotatable bonds is 4. The van der Waals surface area contributed by atoms with Crippen LogP contribution in [0.15, 0.2) is 10.7 Å². The summed E-state index contributed by atoms with van der Waals surface area (Å²) >= 11 is 0. The molecule has 1 fully saturated rings. The Balaban J connectivity index is 1.92. The number of hydrogen-bond acceptors (Lipinski definition) is 4. The summed E-state index contributed by atoms with van der Waals surface area (Å²) in [6.07, 6.45) is 5.57. The highest BCUT2D eigenvalue weighted by Crippen LogP contribution is 2.24. The van der Waals surface area contributed by atoms with Crippen molar-refractivity contribution in [2.24, 2.45) is 5.92 Å². The predicted molar refractivity (Wildman–Crippen MR) is 64.5 cm³/mol. The van der Waals surface area contributed by atoms with E-state index in [0.717, 1.165) is 37.3 Å². The van der Waals surface area contributed by atoms with Crippen LogP contribution in [0, 0.1) is 5.92 Å². The van der Waals surface area contributed by atoms with Gasteiger partial charge in [0.15, 0.2) is 0 Å². The quantitative estimate of drug-likeness (QED) is 0.848. The maximum atomic E-state index is 5.50. The van der Waals surface area contributed by atoms with Crippen molar-refractivity contribution in [2.45, 2.75) is 32.7 Å². The Morgan fingerprint density at radius 1 is 1.50 bits per heavy atom. The molecule has 1 aromatic rings. The van der Waals surface area contributed by atoms with Gasteiger partial charge < -0.3 is 14.6 Å². The van der Waals surface area contributed by atoms with Crippen LogP contribution in [0.1, 0.15) is 31.9 Å². The van der Waals surface area contributed by atoms with Crippen molar-refractivity contribution in [1.29, 1.82) is 0 Å². The number of piperidine rings is 1. The topological polar surface area (TPSA) is 41.3 Å². The van der Waals surface area contributed by atoms with Crippen molar-refractivity contribution in [3.05, 3.63) is 12.0 Å². The van der Waals surface area contributed by atoms with Gasteiger partial charge in [-0.15, -0.1) is 0 Å². The normalized spacial score (nSPS) is 18.0. The Morgan fingerprint density at radius 3 is 2.88 bits per heavy atom. The standard InChI is InChI=1S/C12H21N3O/c1-3-10-4-6-15(7-5-10)12-14-11(8-13-2)9-16-12/h9-10,13H,3-8H2,1-2H3. The number of nitrogens with one attached hydrogen (secondary N) is 1. The van der Waals surface area contributed by atoms with Crippen molar-refractivity contribution >= 4 is 6.01 Å². The Bertz CT molecular complexity index is 316. The van der Waals surface area contributed by atoms with Crippen molar-refractivity contribution < 1.29 is 4.42 Å². The number of anilines is 1. The highest BCUT2D eigenvalue weighted by molar-refractivity contribution is 5.27. The van der Waals surface area contributed by atoms with Crippen molar-refractivity contribution in [3.8, 4) is 0 Å². The zero-order valence-electron chi connectivity index (χ0n) is 10.2. The predicted octanol–water partition coefficient (Wildman–Crippen LogP) is 2.02. The van der Waals surface area contributed by atoms with Gasteiger partial charge in [-0.1, -0.05) is 13.3 Å². The van der Waals surface area contributed by atoms with Gasteiger partial charge in [-0.05, 0) is 25.8 Å². The fourth-order valence-corrected chi connectivity index (χ4v) is 2.24. The van der Waals surface area contributed by atoms with Crippen LogP contribution < -0.4 is 10.2 Å². The number of aromatic nitrogens is 1. The van der Waals surface area contributed by atoms with E-state index in [1.807, 2.05) is 7.05 Å². The van der Waals surface area contributed by atoms with E-state index >= 15 is 0 Å². The lowest BCUT2D eigenvalue weighted by Gasteiger charge is -2.30. The first-order valence-electron chi connectivity index (χ1n) is 6.17. The van der Waals surface area contributed by atoms with E-state index in [1.54, 1.807) is 6.26 Å². The molecule has 0 radical (unpaired) electrons. The number of oxazole rings is 1. The molecule has 1 N–H and O–H groups in total. The fraction of sp³-hybridized carbons (Fsp3) is 0.750. The van der Waals surface area contributed by atoms with Gasteiger partial charge in [0.25, 0.3) is 6.01 Å². The van der Waals surface area contributed by atoms with Crippen LogP contribution in [0.4, 0.5) is 6.01 Å². The third-order valence-corrected chi connectivity index (χ3v) is 3.36. The Kier molecular flexibility index (Phi) is 3.83. The molecule has 90 valence electrons. The largest absolute Gasteiger partial charge is 0.432 e. The minimum atomic E-state index is 0.773. The molecule has 1 aromatic heterocycles. The summed E-state index contributed by atoms with van der Waals surface area (Å²) < 4.78 is 5.50. The lowest BCUT2D eigenvalue weighted by molar-refractivity contribution is 0.378. The number of hydrogen-bond donors (Lipinski definition) is 1. The molecule has 0 aliphatic carbocycles. The van der Waals surface area contributed by atoms with Crippen molar-refractivity contribution in [2.75, 3.05) is 25.0 Å². The summed E-state index contributed by atoms with van der Waals surface area (Å²) in [5.41, 5.74) is 0.982. The Morgan fingerprint density at radius 2 is 2.25 bits per heavy atom. The minimum absolute atomic E-state index is 0.773. The maximum absolute atomic E-state index is 5.50. The van der Waals surface area contributed by atoms with Gasteiger partial charge in [0.05, 0.1) is 5.69 Å². The Labute approximate surface area is 97.0 Å². The van der Waals surface area contributed by atoms with E-state index in [2.05, 4.69) is 22.1 Å². The van der Waals surface area contributed by atoms with Gasteiger partial charge in [-0.2, -0.15) is 4.98 Å². The smallest absolute Gasteiger partial charge is 0.297 e.